The van der Waals surface area contributed by atoms with Crippen LogP contribution in [0.3, 0.4) is 0 Å². The summed E-state index contributed by atoms with van der Waals surface area (Å²) in [6.45, 7) is 6.27. The van der Waals surface area contributed by atoms with Crippen molar-refractivity contribution in [2.45, 2.75) is 19.9 Å². The number of thiazole rings is 1. The van der Waals surface area contributed by atoms with Crippen molar-refractivity contribution >= 4 is 28.3 Å². The van der Waals surface area contributed by atoms with Gasteiger partial charge in [0.15, 0.2) is 5.13 Å². The normalized spacial score (nSPS) is 15.7. The molecule has 1 aromatic carbocycles. The predicted octanol–water partition coefficient (Wildman–Crippen LogP) is 2.39. The lowest BCUT2D eigenvalue weighted by molar-refractivity contribution is -0.134. The number of amides is 2. The average molecular weight is 390 g/mol. The van der Waals surface area contributed by atoms with Crippen LogP contribution >= 0.6 is 11.3 Å². The number of carbonyl (C=O) groups is 2. The molecule has 2 amide bonds. The number of nitrogens with one attached hydrogen (secondary N) is 1. The van der Waals surface area contributed by atoms with Gasteiger partial charge in [-0.2, -0.15) is 0 Å². The van der Waals surface area contributed by atoms with Crippen LogP contribution in [0.25, 0.3) is 0 Å². The SMILES string of the molecule is CC(C)C(NC(=O)c1ccccc1F)C(=O)N1CCN(c2nccs2)CC1. The molecule has 1 aromatic heterocycles. The van der Waals surface area contributed by atoms with E-state index in [-0.39, 0.29) is 17.4 Å². The number of nitrogens with zero attached hydrogens (tertiary/aromatic N) is 3. The minimum absolute atomic E-state index is 0.0514. The minimum atomic E-state index is -0.691. The van der Waals surface area contributed by atoms with Gasteiger partial charge in [0.05, 0.1) is 5.56 Å². The van der Waals surface area contributed by atoms with Gasteiger partial charge in [-0.3, -0.25) is 9.59 Å². The smallest absolute Gasteiger partial charge is 0.254 e. The van der Waals surface area contributed by atoms with Crippen LogP contribution in [0, 0.1) is 11.7 Å². The number of hydrogen-bond acceptors (Lipinski definition) is 5. The van der Waals surface area contributed by atoms with Crippen molar-refractivity contribution < 1.29 is 14.0 Å². The van der Waals surface area contributed by atoms with Gasteiger partial charge in [-0.25, -0.2) is 9.37 Å². The van der Waals surface area contributed by atoms with Crippen LogP contribution in [0.2, 0.25) is 0 Å². The van der Waals surface area contributed by atoms with Crippen LogP contribution in [0.5, 0.6) is 0 Å². The van der Waals surface area contributed by atoms with E-state index in [4.69, 9.17) is 0 Å². The number of rotatable bonds is 5. The van der Waals surface area contributed by atoms with Crippen LogP contribution < -0.4 is 10.2 Å². The first kappa shape index (κ1) is 19.3. The Morgan fingerprint density at radius 2 is 1.89 bits per heavy atom. The highest BCUT2D eigenvalue weighted by atomic mass is 32.1. The van der Waals surface area contributed by atoms with Crippen molar-refractivity contribution in [1.29, 1.82) is 0 Å². The highest BCUT2D eigenvalue weighted by molar-refractivity contribution is 7.13. The second-order valence-corrected chi connectivity index (χ2v) is 7.68. The van der Waals surface area contributed by atoms with Gasteiger partial charge in [0.25, 0.3) is 5.91 Å². The molecule has 1 saturated heterocycles. The van der Waals surface area contributed by atoms with E-state index in [2.05, 4.69) is 15.2 Å². The predicted molar refractivity (Wildman–Crippen MR) is 103 cm³/mol. The second-order valence-electron chi connectivity index (χ2n) is 6.80. The Labute approximate surface area is 162 Å². The Morgan fingerprint density at radius 1 is 1.19 bits per heavy atom. The molecular formula is C19H23FN4O2S. The average Bonchev–Trinajstić information content (AvgIpc) is 3.20. The van der Waals surface area contributed by atoms with Gasteiger partial charge in [0.2, 0.25) is 5.91 Å². The van der Waals surface area contributed by atoms with Crippen molar-refractivity contribution in [2.75, 3.05) is 31.1 Å². The molecule has 1 aliphatic rings. The van der Waals surface area contributed by atoms with E-state index in [0.717, 1.165) is 5.13 Å². The molecule has 1 atom stereocenters. The number of piperazine rings is 1. The fourth-order valence-corrected chi connectivity index (χ4v) is 3.76. The van der Waals surface area contributed by atoms with Crippen LogP contribution in [0.15, 0.2) is 35.8 Å². The third kappa shape index (κ3) is 4.44. The van der Waals surface area contributed by atoms with Crippen LogP contribution in [0.4, 0.5) is 9.52 Å². The number of aromatic nitrogens is 1. The van der Waals surface area contributed by atoms with Gasteiger partial charge >= 0.3 is 0 Å². The van der Waals surface area contributed by atoms with Gasteiger partial charge in [-0.1, -0.05) is 26.0 Å². The van der Waals surface area contributed by atoms with Crippen molar-refractivity contribution in [3.05, 3.63) is 47.2 Å². The number of anilines is 1. The van der Waals surface area contributed by atoms with E-state index < -0.39 is 17.8 Å². The summed E-state index contributed by atoms with van der Waals surface area (Å²) in [7, 11) is 0. The summed E-state index contributed by atoms with van der Waals surface area (Å²) in [6, 6.07) is 5.09. The lowest BCUT2D eigenvalue weighted by Crippen LogP contribution is -2.56. The van der Waals surface area contributed by atoms with E-state index in [1.54, 1.807) is 28.5 Å². The van der Waals surface area contributed by atoms with E-state index in [9.17, 15) is 14.0 Å². The third-order valence-corrected chi connectivity index (χ3v) is 5.45. The Morgan fingerprint density at radius 3 is 2.48 bits per heavy atom. The van der Waals surface area contributed by atoms with Crippen LogP contribution in [-0.2, 0) is 4.79 Å². The lowest BCUT2D eigenvalue weighted by atomic mass is 10.0. The van der Waals surface area contributed by atoms with Gasteiger partial charge in [0, 0.05) is 37.8 Å². The van der Waals surface area contributed by atoms with E-state index in [1.165, 1.54) is 18.2 Å². The maximum atomic E-state index is 13.9. The third-order valence-electron chi connectivity index (χ3n) is 4.62. The molecule has 0 radical (unpaired) electrons. The largest absolute Gasteiger partial charge is 0.345 e. The molecule has 27 heavy (non-hydrogen) atoms. The monoisotopic (exact) mass is 390 g/mol. The zero-order valence-corrected chi connectivity index (χ0v) is 16.2. The molecular weight excluding hydrogens is 367 g/mol. The standard InChI is InChI=1S/C19H23FN4O2S/c1-13(2)16(22-17(25)14-5-3-4-6-15(14)20)18(26)23-8-10-24(11-9-23)19-21-7-12-27-19/h3-7,12-13,16H,8-11H2,1-2H3,(H,22,25). The molecule has 0 saturated carbocycles. The van der Waals surface area contributed by atoms with E-state index in [1.807, 2.05) is 19.2 Å². The number of benzene rings is 1. The molecule has 1 aliphatic heterocycles. The Hall–Kier alpha value is -2.48. The fourth-order valence-electron chi connectivity index (χ4n) is 3.06. The van der Waals surface area contributed by atoms with Crippen LogP contribution in [0.1, 0.15) is 24.2 Å². The first-order valence-electron chi connectivity index (χ1n) is 8.96. The molecule has 6 nitrogen and oxygen atoms in total. The van der Waals surface area contributed by atoms with Gasteiger partial charge in [-0.15, -0.1) is 11.3 Å². The summed E-state index contributed by atoms with van der Waals surface area (Å²) in [4.78, 5) is 33.6. The molecule has 0 spiro atoms. The molecule has 2 aromatic rings. The Balaban J connectivity index is 1.64. The molecule has 0 aliphatic carbocycles. The summed E-state index contributed by atoms with van der Waals surface area (Å²) < 4.78 is 13.9. The maximum absolute atomic E-state index is 13.9. The van der Waals surface area contributed by atoms with Crippen molar-refractivity contribution in [2.24, 2.45) is 5.92 Å². The minimum Gasteiger partial charge on any atom is -0.345 e. The summed E-state index contributed by atoms with van der Waals surface area (Å²) in [5, 5.41) is 5.60. The van der Waals surface area contributed by atoms with Gasteiger partial charge < -0.3 is 15.1 Å². The molecule has 8 heteroatoms. The molecule has 1 unspecified atom stereocenters. The zero-order valence-electron chi connectivity index (χ0n) is 15.4. The van der Waals surface area contributed by atoms with Crippen molar-refractivity contribution in [3.8, 4) is 0 Å². The van der Waals surface area contributed by atoms with E-state index in [0.29, 0.717) is 26.2 Å². The van der Waals surface area contributed by atoms with Crippen LogP contribution in [-0.4, -0.2) is 53.9 Å². The quantitative estimate of drug-likeness (QED) is 0.851. The highest BCUT2D eigenvalue weighted by Gasteiger charge is 2.31. The molecule has 1 N–H and O–H groups in total. The lowest BCUT2D eigenvalue weighted by Gasteiger charge is -2.37. The Bertz CT molecular complexity index is 789. The summed E-state index contributed by atoms with van der Waals surface area (Å²) >= 11 is 1.58. The Kier molecular flexibility index (Phi) is 6.05. The number of hydrogen-bond donors (Lipinski definition) is 1. The van der Waals surface area contributed by atoms with Gasteiger partial charge in [0.1, 0.15) is 11.9 Å². The first-order valence-corrected chi connectivity index (χ1v) is 9.84. The van der Waals surface area contributed by atoms with Gasteiger partial charge in [-0.05, 0) is 18.1 Å². The topological polar surface area (TPSA) is 65.5 Å². The summed E-state index contributed by atoms with van der Waals surface area (Å²) in [5.41, 5.74) is -0.0514. The zero-order chi connectivity index (χ0) is 19.4. The van der Waals surface area contributed by atoms with E-state index >= 15 is 0 Å². The molecule has 3 rings (SSSR count). The molecule has 2 heterocycles. The molecule has 144 valence electrons. The first-order chi connectivity index (χ1) is 13.0. The summed E-state index contributed by atoms with van der Waals surface area (Å²) in [6.07, 6.45) is 1.77. The maximum Gasteiger partial charge on any atom is 0.254 e. The number of carbonyl (C=O) groups excluding carboxylic acids is 2. The van der Waals surface area contributed by atoms with Crippen molar-refractivity contribution in [1.82, 2.24) is 15.2 Å². The molecule has 1 fully saturated rings. The van der Waals surface area contributed by atoms with Crippen molar-refractivity contribution in [3.63, 3.8) is 0 Å². The highest BCUT2D eigenvalue weighted by Crippen LogP contribution is 2.20. The number of halogens is 1. The fraction of sp³-hybridized carbons (Fsp3) is 0.421. The molecule has 0 bridgehead atoms. The second kappa shape index (κ2) is 8.47. The summed E-state index contributed by atoms with van der Waals surface area (Å²) in [5.74, 6) is -1.40.